The van der Waals surface area contributed by atoms with Gasteiger partial charge in [0.15, 0.2) is 0 Å². The molecule has 2 aromatic rings. The summed E-state index contributed by atoms with van der Waals surface area (Å²) in [4.78, 5) is 10.6. The van der Waals surface area contributed by atoms with Gasteiger partial charge in [0.2, 0.25) is 5.75 Å². The van der Waals surface area contributed by atoms with Crippen molar-refractivity contribution < 1.29 is 14.8 Å². The Morgan fingerprint density at radius 3 is 2.57 bits per heavy atom. The molecule has 21 heavy (non-hydrogen) atoms. The number of halogens is 1. The van der Waals surface area contributed by atoms with Gasteiger partial charge in [0, 0.05) is 10.5 Å². The molecule has 1 atom stereocenters. The van der Waals surface area contributed by atoms with Gasteiger partial charge in [-0.25, -0.2) is 0 Å². The van der Waals surface area contributed by atoms with E-state index in [-0.39, 0.29) is 11.4 Å². The molecule has 0 spiro atoms. The molecule has 0 saturated heterocycles. The molecule has 0 saturated carbocycles. The van der Waals surface area contributed by atoms with Gasteiger partial charge in [-0.2, -0.15) is 0 Å². The van der Waals surface area contributed by atoms with Gasteiger partial charge in [-0.1, -0.05) is 22.0 Å². The quantitative estimate of drug-likeness (QED) is 0.649. The highest BCUT2D eigenvalue weighted by Crippen LogP contribution is 2.34. The minimum absolute atomic E-state index is 0.145. The molecule has 110 valence electrons. The van der Waals surface area contributed by atoms with Crippen LogP contribution in [0.1, 0.15) is 24.2 Å². The second kappa shape index (κ2) is 6.24. The van der Waals surface area contributed by atoms with E-state index in [9.17, 15) is 15.2 Å². The van der Waals surface area contributed by atoms with Crippen molar-refractivity contribution in [3.8, 4) is 11.5 Å². The minimum Gasteiger partial charge on any atom is -0.450 e. The zero-order chi connectivity index (χ0) is 15.6. The molecule has 2 rings (SSSR count). The smallest absolute Gasteiger partial charge is 0.311 e. The maximum absolute atomic E-state index is 11.1. The zero-order valence-electron chi connectivity index (χ0n) is 11.5. The van der Waals surface area contributed by atoms with Gasteiger partial charge in [-0.05, 0) is 49.2 Å². The zero-order valence-corrected chi connectivity index (χ0v) is 13.1. The molecule has 1 N–H and O–H groups in total. The van der Waals surface area contributed by atoms with Crippen LogP contribution < -0.4 is 4.74 Å². The lowest BCUT2D eigenvalue weighted by Gasteiger charge is -2.10. The van der Waals surface area contributed by atoms with Gasteiger partial charge in [-0.3, -0.25) is 10.1 Å². The average molecular weight is 352 g/mol. The van der Waals surface area contributed by atoms with Crippen molar-refractivity contribution in [3.05, 3.63) is 62.1 Å². The van der Waals surface area contributed by atoms with Crippen molar-refractivity contribution in [2.45, 2.75) is 20.0 Å². The molecule has 0 amide bonds. The van der Waals surface area contributed by atoms with Gasteiger partial charge in [0.1, 0.15) is 5.75 Å². The molecule has 5 nitrogen and oxygen atoms in total. The summed E-state index contributed by atoms with van der Waals surface area (Å²) in [6.07, 6.45) is -0.771. The predicted molar refractivity (Wildman–Crippen MR) is 82.7 cm³/mol. The molecule has 0 fully saturated rings. The molecule has 0 bridgehead atoms. The summed E-state index contributed by atoms with van der Waals surface area (Å²) in [7, 11) is 0. The van der Waals surface area contributed by atoms with Gasteiger partial charge >= 0.3 is 5.69 Å². The lowest BCUT2D eigenvalue weighted by Crippen LogP contribution is -1.97. The minimum atomic E-state index is -0.771. The van der Waals surface area contributed by atoms with E-state index in [1.54, 1.807) is 25.1 Å². The van der Waals surface area contributed by atoms with Crippen molar-refractivity contribution in [3.63, 3.8) is 0 Å². The number of aryl methyl sites for hydroxylation is 1. The standard InChI is InChI=1S/C15H14BrNO4/c1-9-7-12(4-5-13(9)16)21-15-6-3-11(10(2)18)8-14(15)17(19)20/h3-8,10,18H,1-2H3. The number of nitro benzene ring substituents is 1. The molecule has 0 radical (unpaired) electrons. The summed E-state index contributed by atoms with van der Waals surface area (Å²) in [5.74, 6) is 0.662. The predicted octanol–water partition coefficient (Wildman–Crippen LogP) is 4.51. The van der Waals surface area contributed by atoms with Crippen LogP contribution in [-0.2, 0) is 0 Å². The monoisotopic (exact) mass is 351 g/mol. The fraction of sp³-hybridized carbons (Fsp3) is 0.200. The molecule has 0 aromatic heterocycles. The largest absolute Gasteiger partial charge is 0.450 e. The van der Waals surface area contributed by atoms with Crippen LogP contribution in [0.5, 0.6) is 11.5 Å². The Morgan fingerprint density at radius 2 is 2.00 bits per heavy atom. The molecule has 6 heteroatoms. The summed E-state index contributed by atoms with van der Waals surface area (Å²) >= 11 is 3.39. The number of hydrogen-bond acceptors (Lipinski definition) is 4. The maximum atomic E-state index is 11.1. The van der Waals surface area contributed by atoms with Crippen LogP contribution in [-0.4, -0.2) is 10.0 Å². The van der Waals surface area contributed by atoms with Gasteiger partial charge in [0.25, 0.3) is 0 Å². The summed E-state index contributed by atoms with van der Waals surface area (Å²) in [5, 5.41) is 20.7. The average Bonchev–Trinajstić information content (AvgIpc) is 2.43. The van der Waals surface area contributed by atoms with Crippen LogP contribution in [0.3, 0.4) is 0 Å². The van der Waals surface area contributed by atoms with E-state index in [4.69, 9.17) is 4.74 Å². The number of aliphatic hydroxyl groups excluding tert-OH is 1. The first-order valence-corrected chi connectivity index (χ1v) is 7.08. The van der Waals surface area contributed by atoms with E-state index < -0.39 is 11.0 Å². The molecule has 0 heterocycles. The molecule has 0 aliphatic rings. The third kappa shape index (κ3) is 3.59. The highest BCUT2D eigenvalue weighted by atomic mass is 79.9. The maximum Gasteiger partial charge on any atom is 0.311 e. The fourth-order valence-electron chi connectivity index (χ4n) is 1.83. The van der Waals surface area contributed by atoms with E-state index in [0.717, 1.165) is 10.0 Å². The topological polar surface area (TPSA) is 72.6 Å². The molecule has 2 aromatic carbocycles. The van der Waals surface area contributed by atoms with Gasteiger partial charge in [0.05, 0.1) is 11.0 Å². The van der Waals surface area contributed by atoms with E-state index >= 15 is 0 Å². The number of aliphatic hydroxyl groups is 1. The molecule has 1 unspecified atom stereocenters. The first-order chi connectivity index (χ1) is 9.88. The fourth-order valence-corrected chi connectivity index (χ4v) is 2.08. The van der Waals surface area contributed by atoms with E-state index in [0.29, 0.717) is 11.3 Å². The number of nitrogens with zero attached hydrogens (tertiary/aromatic N) is 1. The second-order valence-electron chi connectivity index (χ2n) is 4.67. The number of ether oxygens (including phenoxy) is 1. The van der Waals surface area contributed by atoms with Crippen molar-refractivity contribution in [1.82, 2.24) is 0 Å². The summed E-state index contributed by atoms with van der Waals surface area (Å²) in [6, 6.07) is 9.77. The second-order valence-corrected chi connectivity index (χ2v) is 5.53. The van der Waals surface area contributed by atoms with Crippen molar-refractivity contribution in [2.75, 3.05) is 0 Å². The van der Waals surface area contributed by atoms with Gasteiger partial charge < -0.3 is 9.84 Å². The van der Waals surface area contributed by atoms with Crippen LogP contribution in [0.2, 0.25) is 0 Å². The van der Waals surface area contributed by atoms with Crippen LogP contribution in [0.4, 0.5) is 5.69 Å². The first-order valence-electron chi connectivity index (χ1n) is 6.29. The van der Waals surface area contributed by atoms with E-state index in [1.165, 1.54) is 12.1 Å². The lowest BCUT2D eigenvalue weighted by atomic mass is 10.1. The van der Waals surface area contributed by atoms with Crippen LogP contribution in [0.15, 0.2) is 40.9 Å². The number of nitro groups is 1. The highest BCUT2D eigenvalue weighted by molar-refractivity contribution is 9.10. The van der Waals surface area contributed by atoms with Gasteiger partial charge in [-0.15, -0.1) is 0 Å². The first kappa shape index (κ1) is 15.5. The molecular weight excluding hydrogens is 338 g/mol. The number of hydrogen-bond donors (Lipinski definition) is 1. The van der Waals surface area contributed by atoms with E-state index in [1.807, 2.05) is 13.0 Å². The summed E-state index contributed by atoms with van der Waals surface area (Å²) in [5.41, 5.74) is 1.27. The Labute approximate surface area is 130 Å². The Hall–Kier alpha value is -1.92. The van der Waals surface area contributed by atoms with E-state index in [2.05, 4.69) is 15.9 Å². The summed E-state index contributed by atoms with van der Waals surface area (Å²) < 4.78 is 6.54. The molecular formula is C15H14BrNO4. The molecule has 0 aliphatic carbocycles. The lowest BCUT2D eigenvalue weighted by molar-refractivity contribution is -0.385. The Bertz CT molecular complexity index is 685. The summed E-state index contributed by atoms with van der Waals surface area (Å²) in [6.45, 7) is 3.46. The number of rotatable bonds is 4. The SMILES string of the molecule is Cc1cc(Oc2ccc(C(C)O)cc2[N+](=O)[O-])ccc1Br. The third-order valence-electron chi connectivity index (χ3n) is 3.02. The normalized spacial score (nSPS) is 12.0. The molecule has 0 aliphatic heterocycles. The third-order valence-corrected chi connectivity index (χ3v) is 3.91. The highest BCUT2D eigenvalue weighted by Gasteiger charge is 2.18. The van der Waals surface area contributed by atoms with Crippen LogP contribution >= 0.6 is 15.9 Å². The Kier molecular flexibility index (Phi) is 4.59. The Morgan fingerprint density at radius 1 is 1.29 bits per heavy atom. The van der Waals surface area contributed by atoms with Crippen molar-refractivity contribution in [2.24, 2.45) is 0 Å². The van der Waals surface area contributed by atoms with Crippen molar-refractivity contribution in [1.29, 1.82) is 0 Å². The van der Waals surface area contributed by atoms with Crippen molar-refractivity contribution >= 4 is 21.6 Å². The van der Waals surface area contributed by atoms with Crippen LogP contribution in [0, 0.1) is 17.0 Å². The van der Waals surface area contributed by atoms with Crippen LogP contribution in [0.25, 0.3) is 0 Å². The number of benzene rings is 2. The Balaban J connectivity index is 2.39.